The third kappa shape index (κ3) is 2.49. The average molecular weight is 328 g/mol. The summed E-state index contributed by atoms with van der Waals surface area (Å²) in [4.78, 5) is 0. The van der Waals surface area contributed by atoms with Gasteiger partial charge in [-0.3, -0.25) is 9.67 Å². The number of nitrogens with zero attached hydrogens (tertiary/aromatic N) is 2. The van der Waals surface area contributed by atoms with E-state index < -0.39 is 0 Å². The summed E-state index contributed by atoms with van der Waals surface area (Å²) >= 11 is 8.76. The second kappa shape index (κ2) is 5.67. The maximum Gasteiger partial charge on any atom is 0.199 e. The Balaban J connectivity index is 2.64. The van der Waals surface area contributed by atoms with E-state index in [1.807, 2.05) is 22.8 Å². The average Bonchev–Trinajstić information content (AvgIpc) is 2.71. The first-order valence-corrected chi connectivity index (χ1v) is 6.87. The van der Waals surface area contributed by atoms with Crippen LogP contribution in [-0.4, -0.2) is 21.9 Å². The van der Waals surface area contributed by atoms with E-state index in [4.69, 9.17) is 17.0 Å². The SMILES string of the molecule is CCCc1n[nH]c(=S)n1-c1cc(Br)ccc1OC. The van der Waals surface area contributed by atoms with Crippen LogP contribution in [0.3, 0.4) is 0 Å². The number of nitrogens with one attached hydrogen (secondary N) is 1. The number of H-pyrrole nitrogens is 1. The summed E-state index contributed by atoms with van der Waals surface area (Å²) in [6, 6.07) is 5.82. The van der Waals surface area contributed by atoms with E-state index in [0.29, 0.717) is 4.77 Å². The van der Waals surface area contributed by atoms with Gasteiger partial charge in [0.15, 0.2) is 4.77 Å². The summed E-state index contributed by atoms with van der Waals surface area (Å²) in [6.45, 7) is 2.11. The molecule has 1 heterocycles. The van der Waals surface area contributed by atoms with Crippen LogP contribution >= 0.6 is 28.1 Å². The van der Waals surface area contributed by atoms with Crippen molar-refractivity contribution in [1.82, 2.24) is 14.8 Å². The fraction of sp³-hybridized carbons (Fsp3) is 0.333. The van der Waals surface area contributed by atoms with Crippen LogP contribution in [-0.2, 0) is 6.42 Å². The first-order chi connectivity index (χ1) is 8.67. The highest BCUT2D eigenvalue weighted by atomic mass is 79.9. The Morgan fingerprint density at radius 1 is 1.50 bits per heavy atom. The Kier molecular flexibility index (Phi) is 4.19. The van der Waals surface area contributed by atoms with Gasteiger partial charge in [-0.15, -0.1) is 0 Å². The molecular formula is C12H14BrN3OS. The molecule has 0 atom stereocenters. The molecule has 2 aromatic rings. The zero-order valence-corrected chi connectivity index (χ0v) is 12.6. The molecule has 1 aromatic heterocycles. The molecule has 18 heavy (non-hydrogen) atoms. The van der Waals surface area contributed by atoms with Gasteiger partial charge in [0, 0.05) is 10.9 Å². The molecule has 0 aliphatic carbocycles. The van der Waals surface area contributed by atoms with E-state index in [1.54, 1.807) is 7.11 Å². The molecule has 1 N–H and O–H groups in total. The second-order valence-corrected chi connectivity index (χ2v) is 5.15. The molecule has 0 saturated heterocycles. The van der Waals surface area contributed by atoms with Crippen molar-refractivity contribution >= 4 is 28.1 Å². The van der Waals surface area contributed by atoms with Crippen molar-refractivity contribution in [3.8, 4) is 11.4 Å². The molecular weight excluding hydrogens is 314 g/mol. The first-order valence-electron chi connectivity index (χ1n) is 5.67. The standard InChI is InChI=1S/C12H14BrN3OS/c1-3-4-11-14-15-12(18)16(11)9-7-8(13)5-6-10(9)17-2/h5-7H,3-4H2,1-2H3,(H,15,18). The van der Waals surface area contributed by atoms with Crippen LogP contribution in [0.25, 0.3) is 5.69 Å². The molecule has 0 unspecified atom stereocenters. The van der Waals surface area contributed by atoms with Crippen molar-refractivity contribution in [2.75, 3.05) is 7.11 Å². The molecule has 0 bridgehead atoms. The number of benzene rings is 1. The minimum Gasteiger partial charge on any atom is -0.495 e. The monoisotopic (exact) mass is 327 g/mol. The molecule has 0 amide bonds. The van der Waals surface area contributed by atoms with Crippen LogP contribution in [0.15, 0.2) is 22.7 Å². The molecule has 1 aromatic carbocycles. The number of aromatic amines is 1. The van der Waals surface area contributed by atoms with Crippen LogP contribution in [0.4, 0.5) is 0 Å². The van der Waals surface area contributed by atoms with E-state index in [1.165, 1.54) is 0 Å². The number of methoxy groups -OCH3 is 1. The summed E-state index contributed by atoms with van der Waals surface area (Å²) in [7, 11) is 1.65. The van der Waals surface area contributed by atoms with Crippen LogP contribution in [0.1, 0.15) is 19.2 Å². The van der Waals surface area contributed by atoms with E-state index >= 15 is 0 Å². The Hall–Kier alpha value is -1.14. The third-order valence-electron chi connectivity index (χ3n) is 2.60. The maximum atomic E-state index is 5.38. The van der Waals surface area contributed by atoms with Crippen LogP contribution in [0, 0.1) is 4.77 Å². The zero-order valence-electron chi connectivity index (χ0n) is 10.2. The van der Waals surface area contributed by atoms with Gasteiger partial charge in [-0.25, -0.2) is 0 Å². The van der Waals surface area contributed by atoms with Gasteiger partial charge < -0.3 is 4.74 Å². The molecule has 0 fully saturated rings. The van der Waals surface area contributed by atoms with E-state index in [-0.39, 0.29) is 0 Å². The molecule has 0 spiro atoms. The number of halogens is 1. The topological polar surface area (TPSA) is 42.8 Å². The minimum atomic E-state index is 0.579. The van der Waals surface area contributed by atoms with E-state index in [0.717, 1.165) is 34.6 Å². The van der Waals surface area contributed by atoms with Crippen molar-refractivity contribution in [1.29, 1.82) is 0 Å². The number of rotatable bonds is 4. The predicted molar refractivity (Wildman–Crippen MR) is 77.0 cm³/mol. The van der Waals surface area contributed by atoms with Crippen molar-refractivity contribution in [2.45, 2.75) is 19.8 Å². The first kappa shape index (κ1) is 13.3. The number of aryl methyl sites for hydroxylation is 1. The normalized spacial score (nSPS) is 10.6. The largest absolute Gasteiger partial charge is 0.495 e. The van der Waals surface area contributed by atoms with Gasteiger partial charge in [-0.2, -0.15) is 5.10 Å². The lowest BCUT2D eigenvalue weighted by atomic mass is 10.2. The number of aromatic nitrogens is 3. The summed E-state index contributed by atoms with van der Waals surface area (Å²) in [5, 5.41) is 7.10. The van der Waals surface area contributed by atoms with Gasteiger partial charge in [0.05, 0.1) is 12.8 Å². The Bertz CT molecular complexity index is 606. The highest BCUT2D eigenvalue weighted by Crippen LogP contribution is 2.27. The summed E-state index contributed by atoms with van der Waals surface area (Å²) < 4.78 is 8.86. The maximum absolute atomic E-state index is 5.38. The van der Waals surface area contributed by atoms with Crippen molar-refractivity contribution in [3.05, 3.63) is 33.3 Å². The smallest absolute Gasteiger partial charge is 0.199 e. The summed E-state index contributed by atoms with van der Waals surface area (Å²) in [6.07, 6.45) is 1.87. The van der Waals surface area contributed by atoms with Gasteiger partial charge in [-0.05, 0) is 36.8 Å². The van der Waals surface area contributed by atoms with Crippen LogP contribution < -0.4 is 4.74 Å². The molecule has 96 valence electrons. The predicted octanol–water partition coefficient (Wildman–Crippen LogP) is 3.65. The van der Waals surface area contributed by atoms with Crippen molar-refractivity contribution in [3.63, 3.8) is 0 Å². The Morgan fingerprint density at radius 3 is 2.94 bits per heavy atom. The second-order valence-electron chi connectivity index (χ2n) is 3.85. The molecule has 0 aliphatic heterocycles. The van der Waals surface area contributed by atoms with Crippen LogP contribution in [0.5, 0.6) is 5.75 Å². The molecule has 0 saturated carbocycles. The quantitative estimate of drug-likeness (QED) is 0.871. The van der Waals surface area contributed by atoms with Crippen molar-refractivity contribution in [2.24, 2.45) is 0 Å². The van der Waals surface area contributed by atoms with Crippen LogP contribution in [0.2, 0.25) is 0 Å². The van der Waals surface area contributed by atoms with E-state index in [9.17, 15) is 0 Å². The summed E-state index contributed by atoms with van der Waals surface area (Å²) in [5.41, 5.74) is 0.897. The number of hydrogen-bond donors (Lipinski definition) is 1. The van der Waals surface area contributed by atoms with Gasteiger partial charge >= 0.3 is 0 Å². The minimum absolute atomic E-state index is 0.579. The van der Waals surface area contributed by atoms with Crippen molar-refractivity contribution < 1.29 is 4.74 Å². The number of hydrogen-bond acceptors (Lipinski definition) is 3. The summed E-state index contributed by atoms with van der Waals surface area (Å²) in [5.74, 6) is 1.69. The van der Waals surface area contributed by atoms with Gasteiger partial charge in [-0.1, -0.05) is 22.9 Å². The fourth-order valence-corrected chi connectivity index (χ4v) is 2.41. The zero-order chi connectivity index (χ0) is 13.1. The molecule has 6 heteroatoms. The number of ether oxygens (including phenoxy) is 1. The lowest BCUT2D eigenvalue weighted by molar-refractivity contribution is 0.412. The fourth-order valence-electron chi connectivity index (χ4n) is 1.81. The van der Waals surface area contributed by atoms with Gasteiger partial charge in [0.2, 0.25) is 0 Å². The highest BCUT2D eigenvalue weighted by Gasteiger charge is 2.12. The van der Waals surface area contributed by atoms with Gasteiger partial charge in [0.1, 0.15) is 11.6 Å². The Labute approximate surface area is 119 Å². The third-order valence-corrected chi connectivity index (χ3v) is 3.36. The molecule has 2 rings (SSSR count). The van der Waals surface area contributed by atoms with E-state index in [2.05, 4.69) is 33.1 Å². The molecule has 0 aliphatic rings. The lowest BCUT2D eigenvalue weighted by Gasteiger charge is -2.11. The highest BCUT2D eigenvalue weighted by molar-refractivity contribution is 9.10. The Morgan fingerprint density at radius 2 is 2.28 bits per heavy atom. The molecule has 4 nitrogen and oxygen atoms in total. The molecule has 0 radical (unpaired) electrons. The van der Waals surface area contributed by atoms with Gasteiger partial charge in [0.25, 0.3) is 0 Å². The lowest BCUT2D eigenvalue weighted by Crippen LogP contribution is -2.03.